The standard InChI is InChI=1S/C21H27N3O4S/c1-29(27,28)18-8-6-17(7-9-18)23-21(26)14-22-19-4-2-3-5-20(19)24-12-10-16(15-25)11-13-24/h2-9,16,22,25H,10-15H2,1H3,(H,23,26). The van der Waals surface area contributed by atoms with Crippen LogP contribution in [0, 0.1) is 5.92 Å². The molecule has 0 radical (unpaired) electrons. The number of anilines is 3. The van der Waals surface area contributed by atoms with Gasteiger partial charge in [-0.15, -0.1) is 0 Å². The number of sulfone groups is 1. The van der Waals surface area contributed by atoms with Crippen LogP contribution in [0.1, 0.15) is 12.8 Å². The number of aliphatic hydroxyl groups excluding tert-OH is 1. The third-order valence-electron chi connectivity index (χ3n) is 5.12. The fourth-order valence-electron chi connectivity index (χ4n) is 3.42. The number of nitrogens with one attached hydrogen (secondary N) is 2. The van der Waals surface area contributed by atoms with Crippen molar-refractivity contribution in [3.05, 3.63) is 48.5 Å². The first-order chi connectivity index (χ1) is 13.9. The van der Waals surface area contributed by atoms with E-state index in [4.69, 9.17) is 0 Å². The van der Waals surface area contributed by atoms with Crippen LogP contribution in [-0.4, -0.2) is 51.9 Å². The number of rotatable bonds is 7. The summed E-state index contributed by atoms with van der Waals surface area (Å²) in [5.41, 5.74) is 2.48. The Hall–Kier alpha value is -2.58. The third-order valence-corrected chi connectivity index (χ3v) is 6.25. The smallest absolute Gasteiger partial charge is 0.243 e. The number of hydrogen-bond acceptors (Lipinski definition) is 6. The van der Waals surface area contributed by atoms with E-state index in [-0.39, 0.29) is 24.0 Å². The minimum atomic E-state index is -3.26. The maximum Gasteiger partial charge on any atom is 0.243 e. The first kappa shape index (κ1) is 21.1. The summed E-state index contributed by atoms with van der Waals surface area (Å²) in [6.45, 7) is 2.09. The molecule has 0 spiro atoms. The number of para-hydroxylation sites is 2. The van der Waals surface area contributed by atoms with Crippen LogP contribution in [0.15, 0.2) is 53.4 Å². The van der Waals surface area contributed by atoms with E-state index in [2.05, 4.69) is 15.5 Å². The van der Waals surface area contributed by atoms with Crippen molar-refractivity contribution in [1.29, 1.82) is 0 Å². The summed E-state index contributed by atoms with van der Waals surface area (Å²) in [5.74, 6) is 0.150. The van der Waals surface area contributed by atoms with Crippen molar-refractivity contribution in [3.63, 3.8) is 0 Å². The zero-order valence-corrected chi connectivity index (χ0v) is 17.3. The van der Waals surface area contributed by atoms with Gasteiger partial charge in [0.1, 0.15) is 0 Å². The highest BCUT2D eigenvalue weighted by molar-refractivity contribution is 7.90. The van der Waals surface area contributed by atoms with E-state index in [0.29, 0.717) is 11.6 Å². The van der Waals surface area contributed by atoms with Gasteiger partial charge < -0.3 is 20.6 Å². The van der Waals surface area contributed by atoms with Crippen LogP contribution in [0.3, 0.4) is 0 Å². The molecule has 2 aromatic rings. The monoisotopic (exact) mass is 417 g/mol. The largest absolute Gasteiger partial charge is 0.396 e. The van der Waals surface area contributed by atoms with Crippen LogP contribution in [-0.2, 0) is 14.6 Å². The molecule has 0 aliphatic carbocycles. The maximum atomic E-state index is 12.3. The molecule has 156 valence electrons. The lowest BCUT2D eigenvalue weighted by Crippen LogP contribution is -2.35. The summed E-state index contributed by atoms with van der Waals surface area (Å²) in [7, 11) is -3.26. The quantitative estimate of drug-likeness (QED) is 0.640. The van der Waals surface area contributed by atoms with E-state index >= 15 is 0 Å². The summed E-state index contributed by atoms with van der Waals surface area (Å²) in [5, 5.41) is 15.3. The Morgan fingerprint density at radius 3 is 2.38 bits per heavy atom. The number of piperidine rings is 1. The zero-order chi connectivity index (χ0) is 20.9. The van der Waals surface area contributed by atoms with Crippen molar-refractivity contribution in [2.75, 3.05) is 48.0 Å². The molecule has 1 amide bonds. The van der Waals surface area contributed by atoms with Gasteiger partial charge in [0.25, 0.3) is 0 Å². The van der Waals surface area contributed by atoms with Crippen molar-refractivity contribution in [1.82, 2.24) is 0 Å². The van der Waals surface area contributed by atoms with Crippen LogP contribution in [0.2, 0.25) is 0 Å². The molecule has 0 saturated carbocycles. The van der Waals surface area contributed by atoms with E-state index in [1.165, 1.54) is 12.1 Å². The summed E-state index contributed by atoms with van der Waals surface area (Å²) in [4.78, 5) is 14.8. The molecule has 3 rings (SSSR count). The van der Waals surface area contributed by atoms with E-state index in [0.717, 1.165) is 43.6 Å². The fraction of sp³-hybridized carbons (Fsp3) is 0.381. The van der Waals surface area contributed by atoms with Crippen molar-refractivity contribution in [2.24, 2.45) is 5.92 Å². The molecular weight excluding hydrogens is 390 g/mol. The predicted molar refractivity (Wildman–Crippen MR) is 115 cm³/mol. The molecule has 0 bridgehead atoms. The summed E-state index contributed by atoms with van der Waals surface area (Å²) >= 11 is 0. The Morgan fingerprint density at radius 1 is 1.10 bits per heavy atom. The molecule has 1 aliphatic rings. The number of benzene rings is 2. The number of hydrogen-bond donors (Lipinski definition) is 3. The van der Waals surface area contributed by atoms with Crippen molar-refractivity contribution >= 4 is 32.8 Å². The van der Waals surface area contributed by atoms with Gasteiger partial charge in [-0.05, 0) is 55.2 Å². The second kappa shape index (κ2) is 9.28. The third kappa shape index (κ3) is 5.71. The molecule has 3 N–H and O–H groups in total. The lowest BCUT2D eigenvalue weighted by molar-refractivity contribution is -0.114. The SMILES string of the molecule is CS(=O)(=O)c1ccc(NC(=O)CNc2ccccc2N2CCC(CO)CC2)cc1. The normalized spacial score (nSPS) is 15.2. The first-order valence-electron chi connectivity index (χ1n) is 9.65. The van der Waals surface area contributed by atoms with Gasteiger partial charge in [-0.2, -0.15) is 0 Å². The molecule has 1 heterocycles. The number of aliphatic hydroxyl groups is 1. The molecule has 0 aromatic heterocycles. The first-order valence-corrected chi connectivity index (χ1v) is 11.5. The van der Waals surface area contributed by atoms with E-state index in [9.17, 15) is 18.3 Å². The number of amides is 1. The van der Waals surface area contributed by atoms with Crippen molar-refractivity contribution in [3.8, 4) is 0 Å². The zero-order valence-electron chi connectivity index (χ0n) is 16.5. The topological polar surface area (TPSA) is 98.7 Å². The van der Waals surface area contributed by atoms with Crippen molar-refractivity contribution in [2.45, 2.75) is 17.7 Å². The molecule has 1 fully saturated rings. The number of nitrogens with zero attached hydrogens (tertiary/aromatic N) is 1. The van der Waals surface area contributed by atoms with Gasteiger partial charge in [-0.25, -0.2) is 8.42 Å². The molecule has 0 unspecified atom stereocenters. The average molecular weight is 418 g/mol. The van der Waals surface area contributed by atoms with Crippen LogP contribution in [0.25, 0.3) is 0 Å². The minimum Gasteiger partial charge on any atom is -0.396 e. The van der Waals surface area contributed by atoms with Gasteiger partial charge in [-0.3, -0.25) is 4.79 Å². The minimum absolute atomic E-state index is 0.0952. The van der Waals surface area contributed by atoms with Crippen LogP contribution in [0.4, 0.5) is 17.1 Å². The predicted octanol–water partition coefficient (Wildman–Crippen LogP) is 2.35. The molecule has 8 heteroatoms. The highest BCUT2D eigenvalue weighted by atomic mass is 32.2. The highest BCUT2D eigenvalue weighted by Crippen LogP contribution is 2.29. The van der Waals surface area contributed by atoms with E-state index in [1.807, 2.05) is 24.3 Å². The summed E-state index contributed by atoms with van der Waals surface area (Å²) < 4.78 is 23.0. The Bertz CT molecular complexity index is 937. The highest BCUT2D eigenvalue weighted by Gasteiger charge is 2.20. The Balaban J connectivity index is 1.58. The second-order valence-corrected chi connectivity index (χ2v) is 9.34. The van der Waals surface area contributed by atoms with E-state index in [1.54, 1.807) is 12.1 Å². The average Bonchev–Trinajstić information content (AvgIpc) is 2.72. The summed E-state index contributed by atoms with van der Waals surface area (Å²) in [6, 6.07) is 14.0. The molecular formula is C21H27N3O4S. The molecule has 2 aromatic carbocycles. The lowest BCUT2D eigenvalue weighted by atomic mass is 9.97. The molecule has 29 heavy (non-hydrogen) atoms. The van der Waals surface area contributed by atoms with Crippen LogP contribution in [0.5, 0.6) is 0 Å². The number of carbonyl (C=O) groups excluding carboxylic acids is 1. The molecule has 7 nitrogen and oxygen atoms in total. The number of carbonyl (C=O) groups is 1. The van der Waals surface area contributed by atoms with Crippen LogP contribution >= 0.6 is 0 Å². The van der Waals surface area contributed by atoms with Gasteiger partial charge in [0.2, 0.25) is 5.91 Å². The lowest BCUT2D eigenvalue weighted by Gasteiger charge is -2.34. The maximum absolute atomic E-state index is 12.3. The van der Waals surface area contributed by atoms with Gasteiger partial charge in [0.05, 0.1) is 22.8 Å². The Kier molecular flexibility index (Phi) is 6.76. The summed E-state index contributed by atoms with van der Waals surface area (Å²) in [6.07, 6.45) is 3.05. The van der Waals surface area contributed by atoms with Gasteiger partial charge >= 0.3 is 0 Å². The van der Waals surface area contributed by atoms with E-state index < -0.39 is 9.84 Å². The Labute approximate surface area is 171 Å². The fourth-order valence-corrected chi connectivity index (χ4v) is 4.05. The van der Waals surface area contributed by atoms with Gasteiger partial charge in [0.15, 0.2) is 9.84 Å². The Morgan fingerprint density at radius 2 is 1.76 bits per heavy atom. The molecule has 0 atom stereocenters. The van der Waals surface area contributed by atoms with Crippen molar-refractivity contribution < 1.29 is 18.3 Å². The molecule has 1 aliphatic heterocycles. The van der Waals surface area contributed by atoms with Crippen LogP contribution < -0.4 is 15.5 Å². The molecule has 1 saturated heterocycles. The second-order valence-electron chi connectivity index (χ2n) is 7.33. The van der Waals surface area contributed by atoms with Gasteiger partial charge in [0, 0.05) is 31.6 Å². The van der Waals surface area contributed by atoms with Gasteiger partial charge in [-0.1, -0.05) is 12.1 Å².